The third-order valence-electron chi connectivity index (χ3n) is 3.39. The quantitative estimate of drug-likeness (QED) is 0.869. The van der Waals surface area contributed by atoms with Gasteiger partial charge >= 0.3 is 0 Å². The number of hydrogen-bond acceptors (Lipinski definition) is 2. The molecule has 16 heavy (non-hydrogen) atoms. The van der Waals surface area contributed by atoms with Gasteiger partial charge < -0.3 is 10.3 Å². The van der Waals surface area contributed by atoms with Crippen LogP contribution in [0.15, 0.2) is 18.2 Å². The summed E-state index contributed by atoms with van der Waals surface area (Å²) in [6.45, 7) is 2.21. The van der Waals surface area contributed by atoms with Gasteiger partial charge in [-0.25, -0.2) is 4.98 Å². The fraction of sp³-hybridized carbons (Fsp3) is 0.417. The van der Waals surface area contributed by atoms with E-state index in [9.17, 15) is 0 Å². The standard InChI is InChI=1S/C12H14ClN3/c1-7(8-2-3-8)16-11-5-4-9(13)6-10(11)15-12(16)14/h4-8H,2-3H2,1H3,(H2,14,15). The molecule has 1 aliphatic carbocycles. The molecule has 2 aromatic rings. The van der Waals surface area contributed by atoms with Crippen LogP contribution < -0.4 is 5.73 Å². The predicted molar refractivity (Wildman–Crippen MR) is 66.6 cm³/mol. The van der Waals surface area contributed by atoms with Crippen LogP contribution in [-0.4, -0.2) is 9.55 Å². The number of nitrogen functional groups attached to an aromatic ring is 1. The summed E-state index contributed by atoms with van der Waals surface area (Å²) >= 11 is 5.94. The number of anilines is 1. The number of nitrogens with two attached hydrogens (primary N) is 1. The van der Waals surface area contributed by atoms with Crippen LogP contribution in [0.25, 0.3) is 11.0 Å². The average Bonchev–Trinajstić information content (AvgIpc) is 3.01. The third-order valence-corrected chi connectivity index (χ3v) is 3.63. The van der Waals surface area contributed by atoms with E-state index in [1.165, 1.54) is 12.8 Å². The van der Waals surface area contributed by atoms with Crippen molar-refractivity contribution in [3.05, 3.63) is 23.2 Å². The second-order valence-corrected chi connectivity index (χ2v) is 4.99. The highest BCUT2D eigenvalue weighted by Gasteiger charge is 2.31. The molecule has 3 rings (SSSR count). The molecule has 1 atom stereocenters. The molecule has 0 spiro atoms. The third kappa shape index (κ3) is 1.47. The maximum atomic E-state index is 5.98. The summed E-state index contributed by atoms with van der Waals surface area (Å²) in [7, 11) is 0. The fourth-order valence-electron chi connectivity index (χ4n) is 2.31. The molecule has 1 unspecified atom stereocenters. The van der Waals surface area contributed by atoms with Gasteiger partial charge in [0.25, 0.3) is 0 Å². The Labute approximate surface area is 99.2 Å². The molecule has 1 fully saturated rings. The number of rotatable bonds is 2. The van der Waals surface area contributed by atoms with Crippen LogP contribution in [0.4, 0.5) is 5.95 Å². The number of imidazole rings is 1. The van der Waals surface area contributed by atoms with Crippen molar-refractivity contribution in [1.82, 2.24) is 9.55 Å². The van der Waals surface area contributed by atoms with E-state index in [4.69, 9.17) is 17.3 Å². The normalized spacial score (nSPS) is 17.9. The molecule has 0 radical (unpaired) electrons. The zero-order chi connectivity index (χ0) is 11.3. The van der Waals surface area contributed by atoms with Crippen molar-refractivity contribution >= 4 is 28.6 Å². The first-order chi connectivity index (χ1) is 7.66. The lowest BCUT2D eigenvalue weighted by molar-refractivity contribution is 0.504. The van der Waals surface area contributed by atoms with Crippen molar-refractivity contribution in [2.24, 2.45) is 5.92 Å². The van der Waals surface area contributed by atoms with Gasteiger partial charge in [-0.15, -0.1) is 0 Å². The van der Waals surface area contributed by atoms with Crippen molar-refractivity contribution in [2.75, 3.05) is 5.73 Å². The van der Waals surface area contributed by atoms with Crippen molar-refractivity contribution in [3.8, 4) is 0 Å². The van der Waals surface area contributed by atoms with E-state index in [2.05, 4.69) is 16.5 Å². The van der Waals surface area contributed by atoms with E-state index >= 15 is 0 Å². The molecule has 0 amide bonds. The molecular weight excluding hydrogens is 222 g/mol. The summed E-state index contributed by atoms with van der Waals surface area (Å²) in [6.07, 6.45) is 2.60. The molecule has 0 bridgehead atoms. The molecular formula is C12H14ClN3. The zero-order valence-corrected chi connectivity index (χ0v) is 9.91. The number of benzene rings is 1. The topological polar surface area (TPSA) is 43.8 Å². The number of aromatic nitrogens is 2. The van der Waals surface area contributed by atoms with Crippen LogP contribution in [0, 0.1) is 5.92 Å². The SMILES string of the molecule is CC(C1CC1)n1c(N)nc2cc(Cl)ccc21. The summed E-state index contributed by atoms with van der Waals surface area (Å²) in [5.41, 5.74) is 7.95. The Hall–Kier alpha value is -1.22. The summed E-state index contributed by atoms with van der Waals surface area (Å²) < 4.78 is 2.13. The number of fused-ring (bicyclic) bond motifs is 1. The zero-order valence-electron chi connectivity index (χ0n) is 9.15. The summed E-state index contributed by atoms with van der Waals surface area (Å²) in [5, 5.41) is 0.705. The van der Waals surface area contributed by atoms with Gasteiger partial charge in [0, 0.05) is 11.1 Å². The molecule has 1 aromatic heterocycles. The molecule has 1 saturated carbocycles. The molecule has 4 heteroatoms. The second kappa shape index (κ2) is 3.39. The maximum absolute atomic E-state index is 5.98. The van der Waals surface area contributed by atoms with Gasteiger partial charge in [0.15, 0.2) is 0 Å². The van der Waals surface area contributed by atoms with Crippen molar-refractivity contribution < 1.29 is 0 Å². The van der Waals surface area contributed by atoms with Crippen LogP contribution >= 0.6 is 11.6 Å². The Balaban J connectivity index is 2.18. The van der Waals surface area contributed by atoms with Crippen LogP contribution in [0.2, 0.25) is 5.02 Å². The number of halogens is 1. The van der Waals surface area contributed by atoms with Crippen molar-refractivity contribution in [3.63, 3.8) is 0 Å². The Morgan fingerprint density at radius 2 is 2.25 bits per heavy atom. The molecule has 0 aliphatic heterocycles. The maximum Gasteiger partial charge on any atom is 0.201 e. The van der Waals surface area contributed by atoms with Gasteiger partial charge in [0.05, 0.1) is 11.0 Å². The molecule has 1 heterocycles. The molecule has 3 nitrogen and oxygen atoms in total. The summed E-state index contributed by atoms with van der Waals surface area (Å²) in [6, 6.07) is 6.19. The van der Waals surface area contributed by atoms with E-state index in [0.717, 1.165) is 17.0 Å². The van der Waals surface area contributed by atoms with E-state index in [0.29, 0.717) is 17.0 Å². The lowest BCUT2D eigenvalue weighted by Gasteiger charge is -2.14. The Bertz CT molecular complexity index is 542. The van der Waals surface area contributed by atoms with Crippen LogP contribution in [0.5, 0.6) is 0 Å². The molecule has 1 aromatic carbocycles. The first-order valence-corrected chi connectivity index (χ1v) is 5.97. The minimum absolute atomic E-state index is 0.436. The van der Waals surface area contributed by atoms with Gasteiger partial charge in [-0.3, -0.25) is 0 Å². The van der Waals surface area contributed by atoms with Crippen LogP contribution in [-0.2, 0) is 0 Å². The lowest BCUT2D eigenvalue weighted by Crippen LogP contribution is -2.10. The van der Waals surface area contributed by atoms with E-state index < -0.39 is 0 Å². The highest BCUT2D eigenvalue weighted by atomic mass is 35.5. The Morgan fingerprint density at radius 3 is 2.94 bits per heavy atom. The smallest absolute Gasteiger partial charge is 0.201 e. The lowest BCUT2D eigenvalue weighted by atomic mass is 10.2. The minimum Gasteiger partial charge on any atom is -0.369 e. The van der Waals surface area contributed by atoms with E-state index in [-0.39, 0.29) is 0 Å². The van der Waals surface area contributed by atoms with Crippen LogP contribution in [0.3, 0.4) is 0 Å². The van der Waals surface area contributed by atoms with E-state index in [1.54, 1.807) is 0 Å². The predicted octanol–water partition coefficient (Wildman–Crippen LogP) is 3.24. The van der Waals surface area contributed by atoms with Crippen LogP contribution in [0.1, 0.15) is 25.8 Å². The monoisotopic (exact) mass is 235 g/mol. The molecule has 2 N–H and O–H groups in total. The minimum atomic E-state index is 0.436. The van der Waals surface area contributed by atoms with Gasteiger partial charge in [0.2, 0.25) is 5.95 Å². The summed E-state index contributed by atoms with van der Waals surface area (Å²) in [5.74, 6) is 1.35. The fourth-order valence-corrected chi connectivity index (χ4v) is 2.47. The van der Waals surface area contributed by atoms with Crippen molar-refractivity contribution in [1.29, 1.82) is 0 Å². The number of hydrogen-bond donors (Lipinski definition) is 1. The first kappa shape index (κ1) is 9.97. The molecule has 0 saturated heterocycles. The highest BCUT2D eigenvalue weighted by Crippen LogP contribution is 2.41. The van der Waals surface area contributed by atoms with Crippen molar-refractivity contribution in [2.45, 2.75) is 25.8 Å². The second-order valence-electron chi connectivity index (χ2n) is 4.55. The van der Waals surface area contributed by atoms with E-state index in [1.807, 2.05) is 18.2 Å². The molecule has 84 valence electrons. The van der Waals surface area contributed by atoms with Gasteiger partial charge in [-0.05, 0) is 43.9 Å². The van der Waals surface area contributed by atoms with Gasteiger partial charge in [-0.2, -0.15) is 0 Å². The van der Waals surface area contributed by atoms with Gasteiger partial charge in [0.1, 0.15) is 0 Å². The van der Waals surface area contributed by atoms with Gasteiger partial charge in [-0.1, -0.05) is 11.6 Å². The first-order valence-electron chi connectivity index (χ1n) is 5.60. The average molecular weight is 236 g/mol. The number of nitrogens with zero attached hydrogens (tertiary/aromatic N) is 2. The highest BCUT2D eigenvalue weighted by molar-refractivity contribution is 6.31. The largest absolute Gasteiger partial charge is 0.369 e. The Morgan fingerprint density at radius 1 is 1.50 bits per heavy atom. The summed E-state index contributed by atoms with van der Waals surface area (Å²) in [4.78, 5) is 4.36. The molecule has 1 aliphatic rings. The Kier molecular flexibility index (Phi) is 2.11.